The van der Waals surface area contributed by atoms with Gasteiger partial charge in [0, 0.05) is 25.0 Å². The highest BCUT2D eigenvalue weighted by molar-refractivity contribution is 7.89. The second-order valence-electron chi connectivity index (χ2n) is 8.03. The number of hydrogen-bond donors (Lipinski definition) is 1. The Kier molecular flexibility index (Phi) is 6.25. The number of nitrogens with one attached hydrogen (secondary N) is 1. The first kappa shape index (κ1) is 20.3. The highest BCUT2D eigenvalue weighted by Crippen LogP contribution is 2.31. The van der Waals surface area contributed by atoms with Gasteiger partial charge < -0.3 is 9.84 Å². The lowest BCUT2D eigenvalue weighted by molar-refractivity contribution is -0.127. The van der Waals surface area contributed by atoms with Crippen LogP contribution in [0.2, 0.25) is 0 Å². The van der Waals surface area contributed by atoms with Gasteiger partial charge in [0.1, 0.15) is 10.6 Å². The molecule has 0 aromatic carbocycles. The molecule has 1 saturated carbocycles. The molecule has 0 radical (unpaired) electrons. The Labute approximate surface area is 161 Å². The molecule has 1 aromatic rings. The lowest BCUT2D eigenvalue weighted by Gasteiger charge is -2.34. The molecule has 2 heterocycles. The maximum Gasteiger partial charge on any atom is 0.248 e. The molecule has 2 aliphatic rings. The average molecular weight is 398 g/mol. The second kappa shape index (κ2) is 8.31. The molecule has 1 amide bonds. The highest BCUT2D eigenvalue weighted by Gasteiger charge is 2.36. The van der Waals surface area contributed by atoms with E-state index < -0.39 is 10.0 Å². The van der Waals surface area contributed by atoms with Gasteiger partial charge in [-0.25, -0.2) is 8.42 Å². The topological polar surface area (TPSA) is 92.5 Å². The van der Waals surface area contributed by atoms with Gasteiger partial charge in [-0.3, -0.25) is 4.79 Å². The van der Waals surface area contributed by atoms with Gasteiger partial charge in [0.05, 0.1) is 0 Å². The molecular formula is C19H31N3O4S. The van der Waals surface area contributed by atoms with Crippen molar-refractivity contribution in [1.82, 2.24) is 14.8 Å². The summed E-state index contributed by atoms with van der Waals surface area (Å²) in [6, 6.07) is 0.314. The quantitative estimate of drug-likeness (QED) is 0.825. The van der Waals surface area contributed by atoms with Crippen LogP contribution in [0, 0.1) is 25.7 Å². The zero-order valence-corrected chi connectivity index (χ0v) is 17.3. The van der Waals surface area contributed by atoms with Crippen LogP contribution < -0.4 is 5.32 Å². The first-order chi connectivity index (χ1) is 12.8. The Hall–Kier alpha value is -1.41. The molecule has 152 valence electrons. The molecule has 1 aliphatic heterocycles. The van der Waals surface area contributed by atoms with Crippen LogP contribution in [-0.2, 0) is 14.8 Å². The van der Waals surface area contributed by atoms with E-state index in [2.05, 4.69) is 10.5 Å². The van der Waals surface area contributed by atoms with E-state index in [1.165, 1.54) is 23.6 Å². The van der Waals surface area contributed by atoms with Gasteiger partial charge >= 0.3 is 0 Å². The Balaban J connectivity index is 1.57. The number of nitrogens with zero attached hydrogens (tertiary/aromatic N) is 2. The van der Waals surface area contributed by atoms with Crippen LogP contribution in [-0.4, -0.2) is 42.9 Å². The first-order valence-corrected chi connectivity index (χ1v) is 11.5. The van der Waals surface area contributed by atoms with Gasteiger partial charge in [0.15, 0.2) is 5.76 Å². The fourth-order valence-electron chi connectivity index (χ4n) is 4.38. The monoisotopic (exact) mass is 397 g/mol. The Morgan fingerprint density at radius 2 is 1.78 bits per heavy atom. The molecule has 0 spiro atoms. The number of aromatic nitrogens is 1. The van der Waals surface area contributed by atoms with Crippen molar-refractivity contribution in [3.63, 3.8) is 0 Å². The summed E-state index contributed by atoms with van der Waals surface area (Å²) in [5.41, 5.74) is 0.398. The predicted octanol–water partition coefficient (Wildman–Crippen LogP) is 2.78. The van der Waals surface area contributed by atoms with E-state index in [0.717, 1.165) is 12.8 Å². The van der Waals surface area contributed by atoms with E-state index in [0.29, 0.717) is 43.4 Å². The summed E-state index contributed by atoms with van der Waals surface area (Å²) in [4.78, 5) is 12.8. The van der Waals surface area contributed by atoms with Crippen molar-refractivity contribution in [3.05, 3.63) is 11.5 Å². The molecule has 1 saturated heterocycles. The summed E-state index contributed by atoms with van der Waals surface area (Å²) in [5.74, 6) is 0.573. The minimum absolute atomic E-state index is 0.0872. The van der Waals surface area contributed by atoms with Crippen LogP contribution in [0.5, 0.6) is 0 Å². The number of rotatable bonds is 5. The molecule has 1 atom stereocenters. The Bertz CT molecular complexity index is 740. The molecule has 8 heteroatoms. The van der Waals surface area contributed by atoms with Crippen LogP contribution >= 0.6 is 0 Å². The van der Waals surface area contributed by atoms with Gasteiger partial charge in [0.2, 0.25) is 15.9 Å². The summed E-state index contributed by atoms with van der Waals surface area (Å²) < 4.78 is 32.3. The van der Waals surface area contributed by atoms with Crippen molar-refractivity contribution in [3.8, 4) is 0 Å². The predicted molar refractivity (Wildman–Crippen MR) is 102 cm³/mol. The van der Waals surface area contributed by atoms with E-state index in [4.69, 9.17) is 4.52 Å². The van der Waals surface area contributed by atoms with Gasteiger partial charge in [-0.1, -0.05) is 31.3 Å². The van der Waals surface area contributed by atoms with Gasteiger partial charge in [-0.05, 0) is 45.4 Å². The summed E-state index contributed by atoms with van der Waals surface area (Å²) in [6.45, 7) is 6.10. The fourth-order valence-corrected chi connectivity index (χ4v) is 6.14. The lowest BCUT2D eigenvalue weighted by atomic mass is 9.85. The molecule has 1 aromatic heterocycles. The zero-order chi connectivity index (χ0) is 19.6. The van der Waals surface area contributed by atoms with Crippen LogP contribution in [0.15, 0.2) is 9.42 Å². The highest BCUT2D eigenvalue weighted by atomic mass is 32.2. The van der Waals surface area contributed by atoms with Crippen molar-refractivity contribution >= 4 is 15.9 Å². The third kappa shape index (κ3) is 4.37. The summed E-state index contributed by atoms with van der Waals surface area (Å²) in [7, 11) is -3.60. The van der Waals surface area contributed by atoms with Crippen LogP contribution in [0.4, 0.5) is 0 Å². The van der Waals surface area contributed by atoms with Gasteiger partial charge in [0.25, 0.3) is 0 Å². The first-order valence-electron chi connectivity index (χ1n) is 10.0. The maximum absolute atomic E-state index is 12.9. The SMILES string of the molecule is Cc1noc(C)c1S(=O)(=O)N1CCC(C(C)C(=O)NC2CCCCC2)CC1. The van der Waals surface area contributed by atoms with E-state index in [1.807, 2.05) is 6.92 Å². The van der Waals surface area contributed by atoms with Crippen molar-refractivity contribution in [2.45, 2.75) is 76.7 Å². The maximum atomic E-state index is 12.9. The number of sulfonamides is 1. The molecule has 1 aliphatic carbocycles. The zero-order valence-electron chi connectivity index (χ0n) is 16.5. The molecule has 3 rings (SSSR count). The van der Waals surface area contributed by atoms with Gasteiger partial charge in [-0.15, -0.1) is 0 Å². The third-order valence-corrected chi connectivity index (χ3v) is 8.28. The molecule has 2 fully saturated rings. The number of piperidine rings is 1. The van der Waals surface area contributed by atoms with Crippen LogP contribution in [0.25, 0.3) is 0 Å². The fraction of sp³-hybridized carbons (Fsp3) is 0.789. The second-order valence-corrected chi connectivity index (χ2v) is 9.90. The largest absolute Gasteiger partial charge is 0.360 e. The van der Waals surface area contributed by atoms with Crippen molar-refractivity contribution in [2.24, 2.45) is 11.8 Å². The number of hydrogen-bond acceptors (Lipinski definition) is 5. The lowest BCUT2D eigenvalue weighted by Crippen LogP contribution is -2.45. The number of carbonyl (C=O) groups excluding carboxylic acids is 1. The minimum Gasteiger partial charge on any atom is -0.360 e. The molecule has 1 N–H and O–H groups in total. The van der Waals surface area contributed by atoms with E-state index in [-0.39, 0.29) is 22.6 Å². The number of amides is 1. The van der Waals surface area contributed by atoms with E-state index in [9.17, 15) is 13.2 Å². The number of carbonyl (C=O) groups is 1. The number of aryl methyl sites for hydroxylation is 2. The van der Waals surface area contributed by atoms with E-state index >= 15 is 0 Å². The third-order valence-electron chi connectivity index (χ3n) is 6.14. The molecule has 7 nitrogen and oxygen atoms in total. The average Bonchev–Trinajstić information content (AvgIpc) is 3.01. The normalized spacial score (nSPS) is 21.9. The van der Waals surface area contributed by atoms with Crippen molar-refractivity contribution in [1.29, 1.82) is 0 Å². The van der Waals surface area contributed by atoms with Crippen LogP contribution in [0.3, 0.4) is 0 Å². The smallest absolute Gasteiger partial charge is 0.248 e. The summed E-state index contributed by atoms with van der Waals surface area (Å²) in [6.07, 6.45) is 7.19. The standard InChI is InChI=1S/C19H31N3O4S/c1-13(19(23)20-17-7-5-4-6-8-17)16-9-11-22(12-10-16)27(24,25)18-14(2)21-26-15(18)3/h13,16-17H,4-12H2,1-3H3,(H,20,23). The molecular weight excluding hydrogens is 366 g/mol. The van der Waals surface area contributed by atoms with Crippen LogP contribution in [0.1, 0.15) is 63.3 Å². The van der Waals surface area contributed by atoms with Gasteiger partial charge in [-0.2, -0.15) is 4.31 Å². The van der Waals surface area contributed by atoms with E-state index in [1.54, 1.807) is 13.8 Å². The Morgan fingerprint density at radius 3 is 2.33 bits per heavy atom. The molecule has 0 bridgehead atoms. The minimum atomic E-state index is -3.60. The molecule has 1 unspecified atom stereocenters. The Morgan fingerprint density at radius 1 is 1.15 bits per heavy atom. The van der Waals surface area contributed by atoms with Crippen molar-refractivity contribution < 1.29 is 17.7 Å². The summed E-state index contributed by atoms with van der Waals surface area (Å²) in [5, 5.41) is 6.97. The van der Waals surface area contributed by atoms with Crippen molar-refractivity contribution in [2.75, 3.05) is 13.1 Å². The summed E-state index contributed by atoms with van der Waals surface area (Å²) >= 11 is 0. The molecule has 27 heavy (non-hydrogen) atoms.